The Balaban J connectivity index is 1.30. The highest BCUT2D eigenvalue weighted by Crippen LogP contribution is 2.64. The van der Waals surface area contributed by atoms with Crippen LogP contribution >= 0.6 is 0 Å². The van der Waals surface area contributed by atoms with Gasteiger partial charge in [-0.1, -0.05) is 45.0 Å². The Bertz CT molecular complexity index is 1150. The second-order valence-electron chi connectivity index (χ2n) is 10.9. The van der Waals surface area contributed by atoms with Crippen molar-refractivity contribution >= 4 is 23.4 Å². The molecule has 0 spiro atoms. The maximum absolute atomic E-state index is 12.5. The van der Waals surface area contributed by atoms with Gasteiger partial charge in [0.25, 0.3) is 11.8 Å². The molecule has 2 aromatic carbocycles. The third-order valence-corrected chi connectivity index (χ3v) is 8.36. The highest BCUT2D eigenvalue weighted by molar-refractivity contribution is 5.98. The molecule has 0 saturated heterocycles. The molecule has 0 aliphatic heterocycles. The number of carbonyl (C=O) groups excluding carboxylic acids is 3. The van der Waals surface area contributed by atoms with Crippen molar-refractivity contribution in [1.82, 2.24) is 16.1 Å². The van der Waals surface area contributed by atoms with Crippen molar-refractivity contribution in [1.29, 1.82) is 0 Å². The number of fused-ring (bicyclic) bond motifs is 1. The van der Waals surface area contributed by atoms with Gasteiger partial charge in [0.1, 0.15) is 6.04 Å². The van der Waals surface area contributed by atoms with Gasteiger partial charge in [0.05, 0.1) is 12.6 Å². The molecule has 3 unspecified atom stereocenters. The second-order valence-corrected chi connectivity index (χ2v) is 10.9. The molecule has 0 aromatic heterocycles. The summed E-state index contributed by atoms with van der Waals surface area (Å²) < 4.78 is 0. The topological polar surface area (TPSA) is 140 Å². The molecule has 2 bridgehead atoms. The fraction of sp³-hybridized carbons (Fsp3) is 0.464. The average molecular weight is 509 g/mol. The minimum atomic E-state index is -1.28. The van der Waals surface area contributed by atoms with E-state index < -0.39 is 24.0 Å². The van der Waals surface area contributed by atoms with Crippen LogP contribution in [0.3, 0.4) is 0 Å². The molecule has 5 rings (SSSR count). The zero-order valence-electron chi connectivity index (χ0n) is 21.6. The lowest BCUT2D eigenvalue weighted by Gasteiger charge is -2.45. The minimum absolute atomic E-state index is 0.0670. The largest absolute Gasteiger partial charge is 0.391 e. The molecule has 9 heteroatoms. The maximum Gasteiger partial charge on any atom is 0.268 e. The molecule has 0 radical (unpaired) electrons. The molecule has 3 aliphatic rings. The van der Waals surface area contributed by atoms with E-state index in [2.05, 4.69) is 36.7 Å². The molecule has 3 saturated carbocycles. The summed E-state index contributed by atoms with van der Waals surface area (Å²) in [5, 5.41) is 27.3. The quantitative estimate of drug-likeness (QED) is 0.227. The number of aliphatic hydroxyl groups is 1. The third kappa shape index (κ3) is 5.39. The third-order valence-electron chi connectivity index (χ3n) is 8.36. The predicted molar refractivity (Wildman–Crippen MR) is 140 cm³/mol. The van der Waals surface area contributed by atoms with Crippen LogP contribution in [-0.4, -0.2) is 52.8 Å². The number of aliphatic hydroxyl groups excluding tert-OH is 1. The number of hydrogen-bond donors (Lipinski definition) is 6. The van der Waals surface area contributed by atoms with E-state index >= 15 is 0 Å². The number of hydroxylamine groups is 1. The summed E-state index contributed by atoms with van der Waals surface area (Å²) >= 11 is 0. The number of benzene rings is 2. The average Bonchev–Trinajstić information content (AvgIpc) is 3.33. The lowest BCUT2D eigenvalue weighted by molar-refractivity contribution is -0.133. The molecule has 6 atom stereocenters. The van der Waals surface area contributed by atoms with Gasteiger partial charge in [0, 0.05) is 17.3 Å². The fourth-order valence-electron chi connectivity index (χ4n) is 6.12. The second kappa shape index (κ2) is 10.6. The van der Waals surface area contributed by atoms with E-state index in [9.17, 15) is 19.5 Å². The van der Waals surface area contributed by atoms with Crippen molar-refractivity contribution in [3.05, 3.63) is 54.1 Å². The molecule has 9 nitrogen and oxygen atoms in total. The molecule has 2 aromatic rings. The van der Waals surface area contributed by atoms with Crippen LogP contribution in [0.4, 0.5) is 5.69 Å². The predicted octanol–water partition coefficient (Wildman–Crippen LogP) is 2.55. The Labute approximate surface area is 217 Å². The summed E-state index contributed by atoms with van der Waals surface area (Å²) in [5.74, 6) is 0.434. The molecule has 37 heavy (non-hydrogen) atoms. The molecule has 3 amide bonds. The van der Waals surface area contributed by atoms with Crippen LogP contribution in [0.2, 0.25) is 0 Å². The van der Waals surface area contributed by atoms with Crippen LogP contribution in [0.15, 0.2) is 48.5 Å². The Kier molecular flexibility index (Phi) is 7.68. The number of carbonyl (C=O) groups is 3. The monoisotopic (exact) mass is 508 g/mol. The Morgan fingerprint density at radius 2 is 1.59 bits per heavy atom. The summed E-state index contributed by atoms with van der Waals surface area (Å²) in [5.41, 5.74) is 4.59. The summed E-state index contributed by atoms with van der Waals surface area (Å²) in [4.78, 5) is 36.6. The Morgan fingerprint density at radius 1 is 1.00 bits per heavy atom. The smallest absolute Gasteiger partial charge is 0.268 e. The molecule has 3 fully saturated rings. The summed E-state index contributed by atoms with van der Waals surface area (Å²) in [6.45, 7) is 8.58. The van der Waals surface area contributed by atoms with E-state index in [4.69, 9.17) is 5.21 Å². The molecule has 6 N–H and O–H groups in total. The first-order valence-electron chi connectivity index (χ1n) is 12.7. The lowest BCUT2D eigenvalue weighted by Crippen LogP contribution is -2.51. The molecular formula is C28H36N4O5. The van der Waals surface area contributed by atoms with Crippen LogP contribution in [0.25, 0.3) is 11.1 Å². The number of nitrogens with one attached hydrogen (secondary N) is 4. The van der Waals surface area contributed by atoms with Crippen LogP contribution in [0.1, 0.15) is 44.5 Å². The zero-order chi connectivity index (χ0) is 26.9. The van der Waals surface area contributed by atoms with Gasteiger partial charge >= 0.3 is 0 Å². The van der Waals surface area contributed by atoms with Crippen molar-refractivity contribution in [3.63, 3.8) is 0 Å². The SMILES string of the molecule is C[C@@H]1C(NCC(=O)Nc2ccc(-c3ccc(C(=O)N[C@H](C(=O)NO)[C@@H](C)O)cc3)cc2)C2CC1C2(C)C. The number of hydrogen-bond acceptors (Lipinski definition) is 6. The Hall–Kier alpha value is -3.27. The first-order valence-corrected chi connectivity index (χ1v) is 12.7. The van der Waals surface area contributed by atoms with E-state index in [0.717, 1.165) is 17.0 Å². The summed E-state index contributed by atoms with van der Waals surface area (Å²) in [6, 6.07) is 13.3. The van der Waals surface area contributed by atoms with E-state index in [1.54, 1.807) is 24.3 Å². The standard InChI is InChI=1S/C28H36N4O5/c1-15-21-13-22(28(21,3)4)24(15)29-14-23(34)30-20-11-9-18(10-12-20)17-5-7-19(8-6-17)26(35)31-25(16(2)33)27(36)32-37/h5-12,15-16,21-22,24-25,29,33,37H,13-14H2,1-4H3,(H,30,34)(H,31,35)(H,32,36)/t15-,16+,21?,22?,24?,25-/m0/s1. The Morgan fingerprint density at radius 3 is 2.08 bits per heavy atom. The van der Waals surface area contributed by atoms with Gasteiger partial charge < -0.3 is 21.1 Å². The molecular weight excluding hydrogens is 472 g/mol. The van der Waals surface area contributed by atoms with Crippen molar-refractivity contribution in [2.75, 3.05) is 11.9 Å². The van der Waals surface area contributed by atoms with Crippen molar-refractivity contribution in [2.45, 2.75) is 52.3 Å². The lowest BCUT2D eigenvalue weighted by atomic mass is 9.60. The normalized spacial score (nSPS) is 24.9. The van der Waals surface area contributed by atoms with E-state index in [1.165, 1.54) is 18.8 Å². The number of rotatable bonds is 9. The fourth-order valence-corrected chi connectivity index (χ4v) is 6.12. The van der Waals surface area contributed by atoms with Crippen molar-refractivity contribution in [2.24, 2.45) is 23.2 Å². The van der Waals surface area contributed by atoms with Crippen LogP contribution in [-0.2, 0) is 9.59 Å². The van der Waals surface area contributed by atoms with Crippen LogP contribution in [0, 0.1) is 23.2 Å². The van der Waals surface area contributed by atoms with Crippen molar-refractivity contribution < 1.29 is 24.7 Å². The van der Waals surface area contributed by atoms with Gasteiger partial charge in [-0.3, -0.25) is 19.6 Å². The minimum Gasteiger partial charge on any atom is -0.391 e. The van der Waals surface area contributed by atoms with Gasteiger partial charge in [-0.15, -0.1) is 0 Å². The van der Waals surface area contributed by atoms with E-state index in [1.807, 2.05) is 24.3 Å². The number of anilines is 1. The van der Waals surface area contributed by atoms with Crippen LogP contribution in [0.5, 0.6) is 0 Å². The van der Waals surface area contributed by atoms with Crippen molar-refractivity contribution in [3.8, 4) is 11.1 Å². The molecule has 198 valence electrons. The molecule has 0 heterocycles. The first-order chi connectivity index (χ1) is 17.5. The van der Waals surface area contributed by atoms with Gasteiger partial charge in [-0.2, -0.15) is 0 Å². The highest BCUT2D eigenvalue weighted by atomic mass is 16.5. The first kappa shape index (κ1) is 26.8. The van der Waals surface area contributed by atoms with Gasteiger partial charge in [0.15, 0.2) is 0 Å². The zero-order valence-corrected chi connectivity index (χ0v) is 21.6. The summed E-state index contributed by atoms with van der Waals surface area (Å²) in [6.07, 6.45) is 0.0678. The maximum atomic E-state index is 12.5. The molecule has 3 aliphatic carbocycles. The van der Waals surface area contributed by atoms with E-state index in [0.29, 0.717) is 34.5 Å². The highest BCUT2D eigenvalue weighted by Gasteiger charge is 2.61. The van der Waals surface area contributed by atoms with Gasteiger partial charge in [-0.05, 0) is 71.9 Å². The summed E-state index contributed by atoms with van der Waals surface area (Å²) in [7, 11) is 0. The van der Waals surface area contributed by atoms with E-state index in [-0.39, 0.29) is 12.5 Å². The van der Waals surface area contributed by atoms with Gasteiger partial charge in [-0.25, -0.2) is 5.48 Å². The van der Waals surface area contributed by atoms with Gasteiger partial charge in [0.2, 0.25) is 5.91 Å². The van der Waals surface area contributed by atoms with Crippen LogP contribution < -0.4 is 21.4 Å². The number of amides is 3.